The average molecular weight is 363 g/mol. The number of alkyl halides is 3. The van der Waals surface area contributed by atoms with E-state index in [1.54, 1.807) is 25.1 Å². The predicted octanol–water partition coefficient (Wildman–Crippen LogP) is 3.43. The number of carboxylic acid groups (broad SMARTS) is 1. The molecule has 0 spiro atoms. The maximum atomic E-state index is 12.7. The number of aromatic carboxylic acids is 1. The lowest BCUT2D eigenvalue weighted by atomic mass is 10.2. The third kappa shape index (κ3) is 3.79. The van der Waals surface area contributed by atoms with Crippen molar-refractivity contribution in [2.24, 2.45) is 0 Å². The largest absolute Gasteiger partial charge is 0.476 e. The smallest absolute Gasteiger partial charge is 0.433 e. The van der Waals surface area contributed by atoms with Crippen LogP contribution >= 0.6 is 0 Å². The van der Waals surface area contributed by atoms with Gasteiger partial charge in [-0.2, -0.15) is 13.2 Å². The third-order valence-electron chi connectivity index (χ3n) is 3.36. The molecule has 0 saturated carbocycles. The highest BCUT2D eigenvalue weighted by Crippen LogP contribution is 2.28. The van der Waals surface area contributed by atoms with Gasteiger partial charge in [0.2, 0.25) is 5.95 Å². The highest BCUT2D eigenvalue weighted by molar-refractivity contribution is 5.85. The molecule has 3 aromatic rings. The Labute approximate surface area is 145 Å². The molecule has 2 aromatic heterocycles. The molecule has 2 N–H and O–H groups in total. The first kappa shape index (κ1) is 17.4. The van der Waals surface area contributed by atoms with Gasteiger partial charge in [0.1, 0.15) is 12.0 Å². The van der Waals surface area contributed by atoms with Crippen molar-refractivity contribution < 1.29 is 23.1 Å². The number of aryl methyl sites for hydroxylation is 1. The van der Waals surface area contributed by atoms with Crippen molar-refractivity contribution in [2.75, 3.05) is 5.32 Å². The zero-order valence-corrected chi connectivity index (χ0v) is 13.3. The molecule has 0 aliphatic carbocycles. The second-order valence-corrected chi connectivity index (χ2v) is 5.42. The van der Waals surface area contributed by atoms with Gasteiger partial charge >= 0.3 is 12.1 Å². The summed E-state index contributed by atoms with van der Waals surface area (Å²) in [6, 6.07) is 5.86. The van der Waals surface area contributed by atoms with Crippen LogP contribution in [0.4, 0.5) is 24.8 Å². The first-order valence-electron chi connectivity index (χ1n) is 7.29. The Hall–Kier alpha value is -3.43. The summed E-state index contributed by atoms with van der Waals surface area (Å²) in [6.07, 6.45) is -0.879. The van der Waals surface area contributed by atoms with E-state index in [1.165, 1.54) is 17.1 Å². The van der Waals surface area contributed by atoms with Crippen LogP contribution in [-0.2, 0) is 6.18 Å². The quantitative estimate of drug-likeness (QED) is 0.738. The zero-order valence-electron chi connectivity index (χ0n) is 13.3. The predicted molar refractivity (Wildman–Crippen MR) is 85.6 cm³/mol. The van der Waals surface area contributed by atoms with E-state index in [0.717, 1.165) is 17.8 Å². The fraction of sp³-hybridized carbons (Fsp3) is 0.125. The van der Waals surface area contributed by atoms with Crippen molar-refractivity contribution >= 4 is 17.6 Å². The first-order chi connectivity index (χ1) is 12.2. The minimum atomic E-state index is -4.57. The summed E-state index contributed by atoms with van der Waals surface area (Å²) < 4.78 is 39.7. The summed E-state index contributed by atoms with van der Waals surface area (Å²) in [5.41, 5.74) is 0.651. The number of carboxylic acids is 1. The molecular formula is C16H12F3N5O2. The molecule has 0 radical (unpaired) electrons. The van der Waals surface area contributed by atoms with Gasteiger partial charge in [-0.15, -0.1) is 0 Å². The fourth-order valence-electron chi connectivity index (χ4n) is 2.26. The summed E-state index contributed by atoms with van der Waals surface area (Å²) in [6.45, 7) is 1.79. The van der Waals surface area contributed by atoms with Crippen LogP contribution in [0.5, 0.6) is 0 Å². The van der Waals surface area contributed by atoms with Gasteiger partial charge in [0.05, 0.1) is 0 Å². The number of halogens is 3. The Morgan fingerprint density at radius 2 is 2.00 bits per heavy atom. The Bertz CT molecular complexity index is 969. The molecule has 0 bridgehead atoms. The summed E-state index contributed by atoms with van der Waals surface area (Å²) in [5, 5.41) is 11.7. The van der Waals surface area contributed by atoms with E-state index in [0.29, 0.717) is 11.4 Å². The van der Waals surface area contributed by atoms with Crippen LogP contribution in [0.15, 0.2) is 43.0 Å². The molecule has 0 fully saturated rings. The van der Waals surface area contributed by atoms with Gasteiger partial charge in [0.15, 0.2) is 5.69 Å². The van der Waals surface area contributed by atoms with Crippen molar-refractivity contribution in [2.45, 2.75) is 13.1 Å². The van der Waals surface area contributed by atoms with Gasteiger partial charge in [-0.1, -0.05) is 0 Å². The van der Waals surface area contributed by atoms with Crippen LogP contribution in [0, 0.1) is 6.92 Å². The molecule has 0 amide bonds. The number of hydrogen-bond acceptors (Lipinski definition) is 5. The lowest BCUT2D eigenvalue weighted by Gasteiger charge is -2.11. The topological polar surface area (TPSA) is 92.9 Å². The van der Waals surface area contributed by atoms with E-state index < -0.39 is 17.8 Å². The molecule has 10 heteroatoms. The van der Waals surface area contributed by atoms with Gasteiger partial charge in [-0.3, -0.25) is 0 Å². The monoisotopic (exact) mass is 363 g/mol. The van der Waals surface area contributed by atoms with Gasteiger partial charge in [-0.25, -0.2) is 19.7 Å². The van der Waals surface area contributed by atoms with Crippen molar-refractivity contribution in [1.82, 2.24) is 19.5 Å². The lowest BCUT2D eigenvalue weighted by Crippen LogP contribution is -2.10. The molecule has 0 aliphatic rings. The Morgan fingerprint density at radius 1 is 1.23 bits per heavy atom. The summed E-state index contributed by atoms with van der Waals surface area (Å²) in [4.78, 5) is 21.9. The normalized spacial score (nSPS) is 11.4. The summed E-state index contributed by atoms with van der Waals surface area (Å²) in [7, 11) is 0. The van der Waals surface area contributed by atoms with Crippen molar-refractivity contribution in [1.29, 1.82) is 0 Å². The molecule has 134 valence electrons. The van der Waals surface area contributed by atoms with Crippen molar-refractivity contribution in [3.05, 3.63) is 59.9 Å². The molecule has 0 unspecified atom stereocenters. The number of benzene rings is 1. The van der Waals surface area contributed by atoms with E-state index in [2.05, 4.69) is 20.3 Å². The highest BCUT2D eigenvalue weighted by atomic mass is 19.4. The number of aromatic nitrogens is 4. The molecule has 0 atom stereocenters. The zero-order chi connectivity index (χ0) is 18.9. The van der Waals surface area contributed by atoms with E-state index in [9.17, 15) is 18.0 Å². The second kappa shape index (κ2) is 6.47. The van der Waals surface area contributed by atoms with Crippen LogP contribution in [0.25, 0.3) is 5.69 Å². The Morgan fingerprint density at radius 3 is 2.65 bits per heavy atom. The minimum absolute atomic E-state index is 0.123. The molecule has 0 saturated heterocycles. The minimum Gasteiger partial charge on any atom is -0.476 e. The number of nitrogens with one attached hydrogen (secondary N) is 1. The van der Waals surface area contributed by atoms with Crippen molar-refractivity contribution in [3.8, 4) is 5.69 Å². The van der Waals surface area contributed by atoms with Crippen molar-refractivity contribution in [3.63, 3.8) is 0 Å². The number of imidazole rings is 1. The molecule has 7 nitrogen and oxygen atoms in total. The molecule has 3 rings (SSSR count). The lowest BCUT2D eigenvalue weighted by molar-refractivity contribution is -0.141. The Balaban J connectivity index is 1.92. The van der Waals surface area contributed by atoms with E-state index in [-0.39, 0.29) is 11.6 Å². The molecule has 2 heterocycles. The molecule has 0 aliphatic heterocycles. The fourth-order valence-corrected chi connectivity index (χ4v) is 2.26. The second-order valence-electron chi connectivity index (χ2n) is 5.42. The van der Waals surface area contributed by atoms with Crippen LogP contribution < -0.4 is 5.32 Å². The van der Waals surface area contributed by atoms with E-state index >= 15 is 0 Å². The van der Waals surface area contributed by atoms with Gasteiger partial charge in [-0.05, 0) is 36.8 Å². The number of anilines is 2. The van der Waals surface area contributed by atoms with E-state index in [1.807, 2.05) is 0 Å². The Kier molecular flexibility index (Phi) is 4.33. The molecular weight excluding hydrogens is 351 g/mol. The number of rotatable bonds is 4. The van der Waals surface area contributed by atoms with Crippen LogP contribution in [0.1, 0.15) is 21.7 Å². The van der Waals surface area contributed by atoms with E-state index in [4.69, 9.17) is 5.11 Å². The van der Waals surface area contributed by atoms with Crippen LogP contribution in [-0.4, -0.2) is 30.6 Å². The average Bonchev–Trinajstić information content (AvgIpc) is 3.04. The number of nitrogens with zero attached hydrogens (tertiary/aromatic N) is 4. The standard InChI is InChI=1S/C16H12F3N5O2/c1-9-4-10(22-15-20-3-2-13(23-15)16(17,18)19)6-11(5-9)24-7-12(14(25)26)21-8-24/h2-8H,1H3,(H,25,26)(H,20,22,23). The van der Waals surface area contributed by atoms with Gasteiger partial charge in [0, 0.05) is 23.8 Å². The third-order valence-corrected chi connectivity index (χ3v) is 3.36. The van der Waals surface area contributed by atoms with Gasteiger partial charge in [0.25, 0.3) is 0 Å². The summed E-state index contributed by atoms with van der Waals surface area (Å²) >= 11 is 0. The number of hydrogen-bond donors (Lipinski definition) is 2. The first-order valence-corrected chi connectivity index (χ1v) is 7.29. The highest BCUT2D eigenvalue weighted by Gasteiger charge is 2.32. The van der Waals surface area contributed by atoms with Crippen LogP contribution in [0.2, 0.25) is 0 Å². The molecule has 1 aromatic carbocycles. The SMILES string of the molecule is Cc1cc(Nc2nccc(C(F)(F)F)n2)cc(-n2cnc(C(=O)O)c2)c1. The number of carbonyl (C=O) groups is 1. The van der Waals surface area contributed by atoms with Crippen LogP contribution in [0.3, 0.4) is 0 Å². The maximum Gasteiger partial charge on any atom is 0.433 e. The maximum absolute atomic E-state index is 12.7. The van der Waals surface area contributed by atoms with Gasteiger partial charge < -0.3 is 15.0 Å². The summed E-state index contributed by atoms with van der Waals surface area (Å²) in [5.74, 6) is -1.36. The molecule has 26 heavy (non-hydrogen) atoms.